The first-order chi connectivity index (χ1) is 13.3. The SMILES string of the molecule is CC[C@H](C(=O)Nc1ccc(Cl)c(C(F)(F)F)c1)N(c1ccc(F)cc1)S(C)(=O)=O. The second-order valence-corrected chi connectivity index (χ2v) is 8.41. The fourth-order valence-corrected chi connectivity index (χ4v) is 4.13. The van der Waals surface area contributed by atoms with Crippen LogP contribution in [0, 0.1) is 5.82 Å². The van der Waals surface area contributed by atoms with E-state index in [-0.39, 0.29) is 17.8 Å². The van der Waals surface area contributed by atoms with Gasteiger partial charge in [-0.1, -0.05) is 18.5 Å². The Morgan fingerprint density at radius 1 is 1.17 bits per heavy atom. The molecule has 0 fully saturated rings. The monoisotopic (exact) mass is 452 g/mol. The molecule has 1 N–H and O–H groups in total. The van der Waals surface area contributed by atoms with Crippen LogP contribution in [0.25, 0.3) is 0 Å². The molecule has 0 radical (unpaired) electrons. The molecule has 0 aromatic heterocycles. The molecule has 0 bridgehead atoms. The van der Waals surface area contributed by atoms with E-state index in [1.165, 1.54) is 25.1 Å². The second-order valence-electron chi connectivity index (χ2n) is 6.14. The molecule has 1 amide bonds. The van der Waals surface area contributed by atoms with Crippen molar-refractivity contribution in [2.75, 3.05) is 15.9 Å². The minimum absolute atomic E-state index is 0.00992. The molecule has 0 heterocycles. The smallest absolute Gasteiger partial charge is 0.324 e. The number of halogens is 5. The fraction of sp³-hybridized carbons (Fsp3) is 0.278. The fourth-order valence-electron chi connectivity index (χ4n) is 2.69. The van der Waals surface area contributed by atoms with Gasteiger partial charge in [-0.05, 0) is 48.9 Å². The maximum Gasteiger partial charge on any atom is 0.417 e. The van der Waals surface area contributed by atoms with Crippen LogP contribution in [0.5, 0.6) is 0 Å². The quantitative estimate of drug-likeness (QED) is 0.647. The summed E-state index contributed by atoms with van der Waals surface area (Å²) in [6, 6.07) is 5.99. The first-order valence-electron chi connectivity index (χ1n) is 8.27. The summed E-state index contributed by atoms with van der Waals surface area (Å²) in [4.78, 5) is 12.7. The minimum Gasteiger partial charge on any atom is -0.324 e. The molecule has 1 atom stereocenters. The number of nitrogens with one attached hydrogen (secondary N) is 1. The highest BCUT2D eigenvalue weighted by atomic mass is 35.5. The van der Waals surface area contributed by atoms with Gasteiger partial charge in [0.25, 0.3) is 0 Å². The van der Waals surface area contributed by atoms with Crippen molar-refractivity contribution in [3.05, 3.63) is 58.9 Å². The zero-order valence-corrected chi connectivity index (χ0v) is 16.9. The first kappa shape index (κ1) is 23.0. The lowest BCUT2D eigenvalue weighted by Crippen LogP contribution is -2.47. The third-order valence-corrected chi connectivity index (χ3v) is 5.46. The number of rotatable bonds is 6. The second kappa shape index (κ2) is 8.58. The van der Waals surface area contributed by atoms with Gasteiger partial charge in [0.2, 0.25) is 15.9 Å². The van der Waals surface area contributed by atoms with E-state index in [2.05, 4.69) is 5.32 Å². The molecule has 5 nitrogen and oxygen atoms in total. The van der Waals surface area contributed by atoms with E-state index in [1.54, 1.807) is 0 Å². The molecule has 0 aliphatic heterocycles. The van der Waals surface area contributed by atoms with Gasteiger partial charge >= 0.3 is 6.18 Å². The lowest BCUT2D eigenvalue weighted by molar-refractivity contribution is -0.137. The number of anilines is 2. The van der Waals surface area contributed by atoms with Crippen molar-refractivity contribution in [2.45, 2.75) is 25.6 Å². The predicted molar refractivity (Wildman–Crippen MR) is 103 cm³/mol. The number of hydrogen-bond donors (Lipinski definition) is 1. The van der Waals surface area contributed by atoms with Crippen LogP contribution in [0.3, 0.4) is 0 Å². The molecule has 0 saturated heterocycles. The molecule has 2 rings (SSSR count). The molecule has 0 unspecified atom stereocenters. The van der Waals surface area contributed by atoms with Gasteiger partial charge in [0.1, 0.15) is 11.9 Å². The molecular weight excluding hydrogens is 436 g/mol. The Bertz CT molecular complexity index is 995. The summed E-state index contributed by atoms with van der Waals surface area (Å²) >= 11 is 5.56. The summed E-state index contributed by atoms with van der Waals surface area (Å²) in [5.74, 6) is -1.45. The average Bonchev–Trinajstić information content (AvgIpc) is 2.60. The summed E-state index contributed by atoms with van der Waals surface area (Å²) in [6.45, 7) is 1.54. The summed E-state index contributed by atoms with van der Waals surface area (Å²) in [5, 5.41) is 1.75. The minimum atomic E-state index is -4.73. The Hall–Kier alpha value is -2.33. The normalized spacial score (nSPS) is 13.1. The third kappa shape index (κ3) is 5.60. The highest BCUT2D eigenvalue weighted by molar-refractivity contribution is 7.92. The maximum absolute atomic E-state index is 13.2. The van der Waals surface area contributed by atoms with E-state index in [0.717, 1.165) is 28.8 Å². The van der Waals surface area contributed by atoms with E-state index in [4.69, 9.17) is 11.6 Å². The summed E-state index contributed by atoms with van der Waals surface area (Å²) in [7, 11) is -3.97. The van der Waals surface area contributed by atoms with Gasteiger partial charge in [-0.3, -0.25) is 9.10 Å². The third-order valence-electron chi connectivity index (χ3n) is 3.95. The number of benzene rings is 2. The Labute approximate surface area is 170 Å². The number of nitrogens with zero attached hydrogens (tertiary/aromatic N) is 1. The lowest BCUT2D eigenvalue weighted by Gasteiger charge is -2.30. The Balaban J connectivity index is 2.39. The molecule has 0 saturated carbocycles. The highest BCUT2D eigenvalue weighted by Crippen LogP contribution is 2.36. The number of carbonyl (C=O) groups is 1. The van der Waals surface area contributed by atoms with Crippen LogP contribution >= 0.6 is 11.6 Å². The summed E-state index contributed by atoms with van der Waals surface area (Å²) in [6.07, 6.45) is -3.85. The van der Waals surface area contributed by atoms with Gasteiger partial charge in [-0.15, -0.1) is 0 Å². The predicted octanol–water partition coefficient (Wildman–Crippen LogP) is 4.68. The molecular formula is C18H17ClF4N2O3S. The molecule has 2 aromatic rings. The topological polar surface area (TPSA) is 66.5 Å². The van der Waals surface area contributed by atoms with Crippen LogP contribution in [0.4, 0.5) is 28.9 Å². The molecule has 0 spiro atoms. The van der Waals surface area contributed by atoms with Crippen LogP contribution in [0.1, 0.15) is 18.9 Å². The van der Waals surface area contributed by atoms with Gasteiger partial charge in [0.15, 0.2) is 0 Å². The Morgan fingerprint density at radius 2 is 1.76 bits per heavy atom. The molecule has 0 aliphatic carbocycles. The van der Waals surface area contributed by atoms with Crippen LogP contribution in [-0.4, -0.2) is 26.6 Å². The maximum atomic E-state index is 13.2. The average molecular weight is 453 g/mol. The van der Waals surface area contributed by atoms with Crippen molar-refractivity contribution in [3.63, 3.8) is 0 Å². The molecule has 0 aliphatic rings. The van der Waals surface area contributed by atoms with Gasteiger partial charge in [-0.25, -0.2) is 12.8 Å². The van der Waals surface area contributed by atoms with Crippen LogP contribution < -0.4 is 9.62 Å². The number of amides is 1. The number of alkyl halides is 3. The van der Waals surface area contributed by atoms with E-state index < -0.39 is 44.6 Å². The van der Waals surface area contributed by atoms with E-state index in [0.29, 0.717) is 6.07 Å². The molecule has 29 heavy (non-hydrogen) atoms. The molecule has 11 heteroatoms. The summed E-state index contributed by atoms with van der Waals surface area (Å²) in [5.41, 5.74) is -1.29. The number of carbonyl (C=O) groups excluding carboxylic acids is 1. The van der Waals surface area contributed by atoms with Crippen molar-refractivity contribution in [1.29, 1.82) is 0 Å². The number of hydrogen-bond acceptors (Lipinski definition) is 3. The van der Waals surface area contributed by atoms with Crippen molar-refractivity contribution >= 4 is 38.9 Å². The van der Waals surface area contributed by atoms with Crippen molar-refractivity contribution in [1.82, 2.24) is 0 Å². The zero-order valence-electron chi connectivity index (χ0n) is 15.3. The summed E-state index contributed by atoms with van der Waals surface area (Å²) < 4.78 is 77.6. The Kier molecular flexibility index (Phi) is 6.79. The molecule has 2 aromatic carbocycles. The largest absolute Gasteiger partial charge is 0.417 e. The zero-order chi connectivity index (χ0) is 22.0. The van der Waals surface area contributed by atoms with Crippen LogP contribution in [-0.2, 0) is 21.0 Å². The van der Waals surface area contributed by atoms with Crippen molar-refractivity contribution in [2.24, 2.45) is 0 Å². The van der Waals surface area contributed by atoms with Crippen LogP contribution in [0.2, 0.25) is 5.02 Å². The number of sulfonamides is 1. The molecule has 158 valence electrons. The van der Waals surface area contributed by atoms with E-state index in [9.17, 15) is 30.8 Å². The standard InChI is InChI=1S/C18H17ClF4N2O3S/c1-3-16(25(29(2,27)28)13-7-4-11(20)5-8-13)17(26)24-12-6-9-15(19)14(10-12)18(21,22)23/h4-10,16H,3H2,1-2H3,(H,24,26)/t16-/m1/s1. The highest BCUT2D eigenvalue weighted by Gasteiger charge is 2.35. The van der Waals surface area contributed by atoms with Gasteiger partial charge in [0, 0.05) is 5.69 Å². The van der Waals surface area contributed by atoms with Gasteiger partial charge in [-0.2, -0.15) is 13.2 Å². The van der Waals surface area contributed by atoms with E-state index >= 15 is 0 Å². The van der Waals surface area contributed by atoms with Crippen LogP contribution in [0.15, 0.2) is 42.5 Å². The van der Waals surface area contributed by atoms with Crippen molar-refractivity contribution in [3.8, 4) is 0 Å². The van der Waals surface area contributed by atoms with Crippen molar-refractivity contribution < 1.29 is 30.8 Å². The first-order valence-corrected chi connectivity index (χ1v) is 10.5. The van der Waals surface area contributed by atoms with E-state index in [1.807, 2.05) is 0 Å². The van der Waals surface area contributed by atoms with Gasteiger partial charge < -0.3 is 5.32 Å². The lowest BCUT2D eigenvalue weighted by atomic mass is 10.1. The van der Waals surface area contributed by atoms with Gasteiger partial charge in [0.05, 0.1) is 22.5 Å². The Morgan fingerprint density at radius 3 is 2.24 bits per heavy atom.